The highest BCUT2D eigenvalue weighted by Gasteiger charge is 2.12. The lowest BCUT2D eigenvalue weighted by atomic mass is 10.2. The molecule has 0 heterocycles. The third-order valence-corrected chi connectivity index (χ3v) is 3.26. The summed E-state index contributed by atoms with van der Waals surface area (Å²) in [6, 6.07) is -0.450. The summed E-state index contributed by atoms with van der Waals surface area (Å²) in [6.07, 6.45) is 3.61. The topological polar surface area (TPSA) is 64.3 Å². The number of nitrogens with one attached hydrogen (secondary N) is 1. The maximum Gasteiger partial charge on any atom is 0.237 e. The number of rotatable bonds is 8. The lowest BCUT2D eigenvalue weighted by Gasteiger charge is -2.13. The number of hydrogen-bond donors (Lipinski definition) is 2. The van der Waals surface area contributed by atoms with Crippen LogP contribution in [0.15, 0.2) is 0 Å². The molecule has 2 unspecified atom stereocenters. The van der Waals surface area contributed by atoms with Crippen molar-refractivity contribution in [1.29, 1.82) is 0 Å². The smallest absolute Gasteiger partial charge is 0.237 e. The number of ether oxygens (including phenoxy) is 1. The van der Waals surface area contributed by atoms with E-state index in [1.54, 1.807) is 18.9 Å². The Kier molecular flexibility index (Phi) is 8.85. The average Bonchev–Trinajstić information content (AvgIpc) is 2.25. The van der Waals surface area contributed by atoms with Crippen LogP contribution in [-0.2, 0) is 9.53 Å². The molecule has 4 nitrogen and oxygen atoms in total. The molecule has 0 spiro atoms. The van der Waals surface area contributed by atoms with Gasteiger partial charge in [-0.05, 0) is 19.1 Å². The van der Waals surface area contributed by atoms with Crippen LogP contribution in [0.3, 0.4) is 0 Å². The molecule has 90 valence electrons. The Balaban J connectivity index is 3.55. The molecule has 5 heteroatoms. The molecule has 2 atom stereocenters. The second kappa shape index (κ2) is 9.00. The Morgan fingerprint density at radius 1 is 1.53 bits per heavy atom. The molecule has 3 N–H and O–H groups in total. The highest BCUT2D eigenvalue weighted by molar-refractivity contribution is 7.99. The zero-order valence-electron chi connectivity index (χ0n) is 9.79. The number of carbonyl (C=O) groups excluding carboxylic acids is 1. The maximum atomic E-state index is 11.4. The molecular formula is C10H22N2O2S. The fraction of sp³-hybridized carbons (Fsp3) is 0.900. The summed E-state index contributed by atoms with van der Waals surface area (Å²) in [5.41, 5.74) is 5.66. The van der Waals surface area contributed by atoms with E-state index in [1.807, 2.05) is 0 Å². The minimum atomic E-state index is -0.450. The second-order valence-corrected chi connectivity index (χ2v) is 4.79. The molecule has 1 amide bonds. The second-order valence-electron chi connectivity index (χ2n) is 3.51. The van der Waals surface area contributed by atoms with Crippen molar-refractivity contribution in [3.8, 4) is 0 Å². The Bertz CT molecular complexity index is 179. The van der Waals surface area contributed by atoms with Crippen molar-refractivity contribution in [2.75, 3.05) is 26.5 Å². The van der Waals surface area contributed by atoms with Crippen molar-refractivity contribution >= 4 is 17.7 Å². The molecule has 0 radical (unpaired) electrons. The van der Waals surface area contributed by atoms with Gasteiger partial charge in [0.2, 0.25) is 5.91 Å². The first-order valence-corrected chi connectivity index (χ1v) is 6.45. The predicted octanol–water partition coefficient (Wildman–Crippen LogP) is 0.608. The van der Waals surface area contributed by atoms with Gasteiger partial charge in [-0.1, -0.05) is 6.92 Å². The van der Waals surface area contributed by atoms with Crippen LogP contribution in [-0.4, -0.2) is 43.7 Å². The van der Waals surface area contributed by atoms with Gasteiger partial charge < -0.3 is 15.8 Å². The first-order valence-electron chi connectivity index (χ1n) is 5.16. The fourth-order valence-corrected chi connectivity index (χ4v) is 1.38. The van der Waals surface area contributed by atoms with Crippen LogP contribution in [0.4, 0.5) is 0 Å². The third-order valence-electron chi connectivity index (χ3n) is 2.22. The Morgan fingerprint density at radius 2 is 2.20 bits per heavy atom. The number of methoxy groups -OCH3 is 1. The number of thioether (sulfide) groups is 1. The number of amides is 1. The predicted molar refractivity (Wildman–Crippen MR) is 65.1 cm³/mol. The Labute approximate surface area is 96.3 Å². The SMILES string of the molecule is COCCC(N)C(=O)NCCC(C)SC. The molecule has 0 rings (SSSR count). The van der Waals surface area contributed by atoms with E-state index in [9.17, 15) is 4.79 Å². The van der Waals surface area contributed by atoms with Crippen molar-refractivity contribution in [1.82, 2.24) is 5.32 Å². The zero-order chi connectivity index (χ0) is 11.7. The molecular weight excluding hydrogens is 212 g/mol. The van der Waals surface area contributed by atoms with Crippen LogP contribution < -0.4 is 11.1 Å². The van der Waals surface area contributed by atoms with Crippen molar-refractivity contribution in [3.05, 3.63) is 0 Å². The normalized spacial score (nSPS) is 14.7. The van der Waals surface area contributed by atoms with Crippen molar-refractivity contribution in [3.63, 3.8) is 0 Å². The van der Waals surface area contributed by atoms with Gasteiger partial charge >= 0.3 is 0 Å². The van der Waals surface area contributed by atoms with Gasteiger partial charge in [-0.15, -0.1) is 0 Å². The zero-order valence-corrected chi connectivity index (χ0v) is 10.6. The summed E-state index contributed by atoms with van der Waals surface area (Å²) >= 11 is 1.80. The lowest BCUT2D eigenvalue weighted by molar-refractivity contribution is -0.122. The van der Waals surface area contributed by atoms with Crippen LogP contribution >= 0.6 is 11.8 Å². The average molecular weight is 234 g/mol. The molecule has 0 aromatic heterocycles. The molecule has 0 aromatic carbocycles. The van der Waals surface area contributed by atoms with Crippen LogP contribution in [0.25, 0.3) is 0 Å². The summed E-state index contributed by atoms with van der Waals surface area (Å²) in [4.78, 5) is 11.4. The Hall–Kier alpha value is -0.260. The van der Waals surface area contributed by atoms with E-state index in [4.69, 9.17) is 10.5 Å². The number of nitrogens with two attached hydrogens (primary N) is 1. The van der Waals surface area contributed by atoms with Gasteiger partial charge in [0, 0.05) is 25.5 Å². The van der Waals surface area contributed by atoms with Gasteiger partial charge in [0.25, 0.3) is 0 Å². The summed E-state index contributed by atoms with van der Waals surface area (Å²) < 4.78 is 4.86. The standard InChI is InChI=1S/C10H22N2O2S/c1-8(15-3)4-6-12-10(13)9(11)5-7-14-2/h8-9H,4-7,11H2,1-3H3,(H,12,13). The third kappa shape index (κ3) is 7.64. The number of carbonyl (C=O) groups is 1. The molecule has 0 aliphatic rings. The van der Waals surface area contributed by atoms with Crippen LogP contribution in [0.5, 0.6) is 0 Å². The molecule has 0 bridgehead atoms. The minimum absolute atomic E-state index is 0.0830. The molecule has 15 heavy (non-hydrogen) atoms. The molecule has 0 saturated heterocycles. The summed E-state index contributed by atoms with van der Waals surface area (Å²) in [7, 11) is 1.60. The van der Waals surface area contributed by atoms with E-state index in [0.29, 0.717) is 24.8 Å². The van der Waals surface area contributed by atoms with Crippen LogP contribution in [0.1, 0.15) is 19.8 Å². The number of hydrogen-bond acceptors (Lipinski definition) is 4. The lowest BCUT2D eigenvalue weighted by Crippen LogP contribution is -2.41. The molecule has 0 aromatic rings. The summed E-state index contributed by atoms with van der Waals surface area (Å²) in [6.45, 7) is 3.36. The van der Waals surface area contributed by atoms with Crippen LogP contribution in [0.2, 0.25) is 0 Å². The van der Waals surface area contributed by atoms with Gasteiger partial charge in [-0.3, -0.25) is 4.79 Å². The molecule has 0 aliphatic carbocycles. The van der Waals surface area contributed by atoms with E-state index in [1.165, 1.54) is 0 Å². The van der Waals surface area contributed by atoms with E-state index in [2.05, 4.69) is 18.5 Å². The monoisotopic (exact) mass is 234 g/mol. The van der Waals surface area contributed by atoms with E-state index >= 15 is 0 Å². The Morgan fingerprint density at radius 3 is 2.73 bits per heavy atom. The highest BCUT2D eigenvalue weighted by Crippen LogP contribution is 2.07. The first-order chi connectivity index (χ1) is 7.11. The largest absolute Gasteiger partial charge is 0.385 e. The maximum absolute atomic E-state index is 11.4. The van der Waals surface area contributed by atoms with E-state index < -0.39 is 6.04 Å². The van der Waals surface area contributed by atoms with Gasteiger partial charge in [-0.2, -0.15) is 11.8 Å². The first kappa shape index (κ1) is 14.7. The van der Waals surface area contributed by atoms with Crippen molar-refractivity contribution in [2.24, 2.45) is 5.73 Å². The van der Waals surface area contributed by atoms with E-state index in [0.717, 1.165) is 6.42 Å². The van der Waals surface area contributed by atoms with Crippen molar-refractivity contribution in [2.45, 2.75) is 31.1 Å². The minimum Gasteiger partial charge on any atom is -0.385 e. The van der Waals surface area contributed by atoms with Gasteiger partial charge in [0.05, 0.1) is 6.04 Å². The van der Waals surface area contributed by atoms with Gasteiger partial charge in [0.15, 0.2) is 0 Å². The molecule has 0 aliphatic heterocycles. The van der Waals surface area contributed by atoms with Gasteiger partial charge in [0.1, 0.15) is 0 Å². The highest BCUT2D eigenvalue weighted by atomic mass is 32.2. The summed E-state index contributed by atoms with van der Waals surface area (Å²) in [5, 5.41) is 3.39. The van der Waals surface area contributed by atoms with Crippen molar-refractivity contribution < 1.29 is 9.53 Å². The molecule has 0 saturated carbocycles. The quantitative estimate of drug-likeness (QED) is 0.646. The van der Waals surface area contributed by atoms with Crippen LogP contribution in [0, 0.1) is 0 Å². The molecule has 0 fully saturated rings. The van der Waals surface area contributed by atoms with Gasteiger partial charge in [-0.25, -0.2) is 0 Å². The fourth-order valence-electron chi connectivity index (χ4n) is 1.02. The summed E-state index contributed by atoms with van der Waals surface area (Å²) in [5.74, 6) is -0.0830. The van der Waals surface area contributed by atoms with E-state index in [-0.39, 0.29) is 5.91 Å².